The third-order valence-electron chi connectivity index (χ3n) is 13.1. The number of carbonyl (C=O) groups excluding carboxylic acids is 3. The molecule has 4 aromatic carbocycles. The summed E-state index contributed by atoms with van der Waals surface area (Å²) < 4.78 is 151. The molecule has 2 aliphatic heterocycles. The van der Waals surface area contributed by atoms with Crippen LogP contribution in [0.4, 0.5) is 43.9 Å². The van der Waals surface area contributed by atoms with Crippen LogP contribution >= 0.6 is 0 Å². The molecule has 0 saturated carbocycles. The molecule has 15 nitrogen and oxygen atoms in total. The molecule has 3 amide bonds. The molecule has 4 aromatic heterocycles. The highest BCUT2D eigenvalue weighted by molar-refractivity contribution is 5.97. The van der Waals surface area contributed by atoms with Crippen LogP contribution < -0.4 is 20.5 Å². The van der Waals surface area contributed by atoms with E-state index in [1.807, 2.05) is 0 Å². The molecule has 2 aliphatic rings. The van der Waals surface area contributed by atoms with Gasteiger partial charge in [-0.05, 0) is 118 Å². The van der Waals surface area contributed by atoms with Crippen molar-refractivity contribution in [1.82, 2.24) is 25.1 Å². The molecule has 25 heteroatoms. The van der Waals surface area contributed by atoms with E-state index in [-0.39, 0.29) is 80.5 Å². The summed E-state index contributed by atoms with van der Waals surface area (Å²) in [5.74, 6) is -8.28. The van der Waals surface area contributed by atoms with Gasteiger partial charge in [0.1, 0.15) is 11.5 Å². The molecule has 444 valence electrons. The Hall–Kier alpha value is -9.52. The number of halogens is 10. The number of nitrogens with two attached hydrogens (primary N) is 1. The van der Waals surface area contributed by atoms with Crippen LogP contribution in [0.15, 0.2) is 155 Å². The first-order chi connectivity index (χ1) is 40.3. The Labute approximate surface area is 476 Å². The Morgan fingerprint density at radius 2 is 1.00 bits per heavy atom. The van der Waals surface area contributed by atoms with Crippen molar-refractivity contribution >= 4 is 57.8 Å². The summed E-state index contributed by atoms with van der Waals surface area (Å²) in [6.07, 6.45) is 0.361. The average Bonchev–Trinajstić information content (AvgIpc) is 3.01. The van der Waals surface area contributed by atoms with Crippen LogP contribution in [0.3, 0.4) is 0 Å². The van der Waals surface area contributed by atoms with Gasteiger partial charge in [0.05, 0.1) is 13.1 Å². The quantitative estimate of drug-likeness (QED) is 0.0729. The molecule has 2 fully saturated rings. The zero-order valence-corrected chi connectivity index (χ0v) is 44.4. The van der Waals surface area contributed by atoms with E-state index < -0.39 is 66.7 Å². The lowest BCUT2D eigenvalue weighted by molar-refractivity contribution is -0.275. The molecule has 6 heterocycles. The zero-order valence-electron chi connectivity index (χ0n) is 44.4. The van der Waals surface area contributed by atoms with Crippen molar-refractivity contribution in [2.75, 3.05) is 26.2 Å². The maximum Gasteiger partial charge on any atom is 0.573 e. The fourth-order valence-corrected chi connectivity index (χ4v) is 8.84. The van der Waals surface area contributed by atoms with E-state index in [1.54, 1.807) is 91.5 Å². The van der Waals surface area contributed by atoms with Gasteiger partial charge in [-0.3, -0.25) is 24.4 Å². The molecule has 0 bridgehead atoms. The molecule has 85 heavy (non-hydrogen) atoms. The van der Waals surface area contributed by atoms with Gasteiger partial charge in [-0.25, -0.2) is 22.4 Å². The lowest BCUT2D eigenvalue weighted by Crippen LogP contribution is -2.42. The second-order valence-corrected chi connectivity index (χ2v) is 19.3. The number of hydrogen-bond acceptors (Lipinski definition) is 11. The van der Waals surface area contributed by atoms with Crippen LogP contribution in [0.2, 0.25) is 0 Å². The van der Waals surface area contributed by atoms with Gasteiger partial charge >= 0.3 is 18.7 Å². The summed E-state index contributed by atoms with van der Waals surface area (Å²) >= 11 is 0. The Bertz CT molecular complexity index is 3680. The Balaban J connectivity index is 0.000000192. The number of fused-ring (bicyclic) bond motifs is 2. The van der Waals surface area contributed by atoms with E-state index in [2.05, 4.69) is 24.8 Å². The van der Waals surface area contributed by atoms with Crippen molar-refractivity contribution in [2.45, 2.75) is 63.3 Å². The number of ether oxygens (including phenoxy) is 2. The molecule has 8 aromatic rings. The topological polar surface area (TPSA) is 204 Å². The number of carbonyl (C=O) groups is 4. The summed E-state index contributed by atoms with van der Waals surface area (Å²) in [4.78, 5) is 58.1. The number of amides is 3. The van der Waals surface area contributed by atoms with Crippen molar-refractivity contribution in [3.63, 3.8) is 0 Å². The smallest absolute Gasteiger partial charge is 0.478 e. The van der Waals surface area contributed by atoms with Crippen LogP contribution in [0, 0.1) is 0 Å². The van der Waals surface area contributed by atoms with Gasteiger partial charge in [-0.2, -0.15) is 0 Å². The van der Waals surface area contributed by atoms with Crippen LogP contribution in [0.1, 0.15) is 69.0 Å². The SMILES string of the molecule is NCc1cc2cc(-c3ccc(C(=O)N4CCC(F)(F)CC4)cc3)cc(OC(F)(F)F)c2o1.O=C(/C=C/c1cccnc1)NCc1cc2cc(-c3ccc(C(=O)N4CCC(F)(F)CC4)cc3)cc(OC(F)(F)F)c2o1.O=C(O)/C=C/c1cccnc1. The fourth-order valence-electron chi connectivity index (χ4n) is 8.84. The molecular formula is C60H50F10N6O9. The standard InChI is InChI=1S/C30H24F5N3O4.C22H19F5N2O3.C8H7NO2/c31-29(32)9-12-38(13-10-29)28(40)21-6-4-20(5-7-21)22-14-23-15-24(41-27(23)25(16-22)42-30(33,34)35)18-37-26(39)8-3-19-2-1-11-36-17-19;23-21(24)5-7-29(8-6-21)20(30)14-3-1-13(2-4-14)15-9-16-10-17(12-28)31-19(16)18(11-15)32-22(25,26)27;10-8(11)4-3-7-2-1-5-9-6-7/h1-8,11,14-17H,9-10,12-13,18H2,(H,37,39);1-4,9-11H,5-8,12,28H2;1-6H,(H,10,11)/b8-3+;;4-3+. The minimum Gasteiger partial charge on any atom is -0.478 e. The largest absolute Gasteiger partial charge is 0.573 e. The van der Waals surface area contributed by atoms with Crippen molar-refractivity contribution in [3.05, 3.63) is 180 Å². The number of aromatic nitrogens is 2. The number of hydrogen-bond donors (Lipinski definition) is 3. The van der Waals surface area contributed by atoms with Crippen LogP contribution in [0.25, 0.3) is 56.3 Å². The van der Waals surface area contributed by atoms with E-state index in [0.29, 0.717) is 49.9 Å². The zero-order chi connectivity index (χ0) is 61.1. The van der Waals surface area contributed by atoms with E-state index in [4.69, 9.17) is 19.7 Å². The van der Waals surface area contributed by atoms with Gasteiger partial charge in [0.25, 0.3) is 23.7 Å². The summed E-state index contributed by atoms with van der Waals surface area (Å²) in [5, 5.41) is 11.6. The van der Waals surface area contributed by atoms with E-state index >= 15 is 0 Å². The molecule has 0 unspecified atom stereocenters. The van der Waals surface area contributed by atoms with Crippen molar-refractivity contribution in [3.8, 4) is 33.8 Å². The highest BCUT2D eigenvalue weighted by Gasteiger charge is 2.38. The van der Waals surface area contributed by atoms with Crippen molar-refractivity contribution in [1.29, 1.82) is 0 Å². The molecule has 2 saturated heterocycles. The van der Waals surface area contributed by atoms with E-state index in [0.717, 1.165) is 11.6 Å². The van der Waals surface area contributed by atoms with Crippen LogP contribution in [0.5, 0.6) is 11.5 Å². The number of pyridine rings is 2. The maximum atomic E-state index is 13.5. The predicted octanol–water partition coefficient (Wildman–Crippen LogP) is 13.1. The third kappa shape index (κ3) is 17.5. The number of carboxylic acids is 1. The number of nitrogens with one attached hydrogen (secondary N) is 1. The van der Waals surface area contributed by atoms with Crippen LogP contribution in [-0.2, 0) is 22.7 Å². The first-order valence-electron chi connectivity index (χ1n) is 25.9. The monoisotopic (exact) mass is 1190 g/mol. The summed E-state index contributed by atoms with van der Waals surface area (Å²) in [6.45, 7) is -0.280. The van der Waals surface area contributed by atoms with Gasteiger partial charge in [-0.15, -0.1) is 26.3 Å². The number of piperidine rings is 2. The number of rotatable bonds is 13. The van der Waals surface area contributed by atoms with Crippen LogP contribution in [-0.4, -0.2) is 99.3 Å². The van der Waals surface area contributed by atoms with E-state index in [1.165, 1.54) is 70.5 Å². The number of likely N-dealkylation sites (tertiary alicyclic amines) is 2. The van der Waals surface area contributed by atoms with Crippen molar-refractivity contribution < 1.29 is 86.5 Å². The highest BCUT2D eigenvalue weighted by atomic mass is 19.4. The second-order valence-electron chi connectivity index (χ2n) is 19.3. The molecule has 0 aliphatic carbocycles. The Morgan fingerprint density at radius 3 is 1.39 bits per heavy atom. The Morgan fingerprint density at radius 1 is 0.588 bits per heavy atom. The first kappa shape index (κ1) is 61.5. The molecule has 0 radical (unpaired) electrons. The number of aliphatic carboxylic acids is 1. The third-order valence-corrected chi connectivity index (χ3v) is 13.1. The van der Waals surface area contributed by atoms with E-state index in [9.17, 15) is 63.1 Å². The summed E-state index contributed by atoms with van der Waals surface area (Å²) in [6, 6.07) is 27.9. The van der Waals surface area contributed by atoms with Gasteiger partial charge < -0.3 is 44.3 Å². The lowest BCUT2D eigenvalue weighted by atomic mass is 10.0. The van der Waals surface area contributed by atoms with Gasteiger partial charge in [0, 0.05) is 111 Å². The first-order valence-corrected chi connectivity index (χ1v) is 25.9. The average molecular weight is 1190 g/mol. The predicted molar refractivity (Wildman–Crippen MR) is 291 cm³/mol. The molecule has 0 atom stereocenters. The highest BCUT2D eigenvalue weighted by Crippen LogP contribution is 2.40. The number of nitrogens with zero attached hydrogens (tertiary/aromatic N) is 4. The molecule has 0 spiro atoms. The number of alkyl halides is 10. The van der Waals surface area contributed by atoms with Gasteiger partial charge in [-0.1, -0.05) is 36.4 Å². The number of benzene rings is 4. The maximum absolute atomic E-state index is 13.5. The number of carboxylic acid groups (broad SMARTS) is 1. The Kier molecular flexibility index (Phi) is 19.1. The fraction of sp³-hybridized carbons (Fsp3) is 0.233. The molecule has 4 N–H and O–H groups in total. The van der Waals surface area contributed by atoms with Crippen molar-refractivity contribution in [2.24, 2.45) is 5.73 Å². The minimum atomic E-state index is -4.99. The second kappa shape index (κ2) is 26.4. The lowest BCUT2D eigenvalue weighted by Gasteiger charge is -2.31. The molecule has 10 rings (SSSR count). The summed E-state index contributed by atoms with van der Waals surface area (Å²) in [7, 11) is 0. The minimum absolute atomic E-state index is 0.00864. The summed E-state index contributed by atoms with van der Waals surface area (Å²) in [5.41, 5.74) is 9.18. The normalized spacial score (nSPS) is 15.0. The van der Waals surface area contributed by atoms with Gasteiger partial charge in [0.2, 0.25) is 5.91 Å². The molecular weight excluding hydrogens is 1140 g/mol. The number of furan rings is 2. The van der Waals surface area contributed by atoms with Gasteiger partial charge in [0.15, 0.2) is 22.7 Å².